The lowest BCUT2D eigenvalue weighted by atomic mass is 10.1. The van der Waals surface area contributed by atoms with Crippen molar-refractivity contribution in [3.8, 4) is 0 Å². The van der Waals surface area contributed by atoms with E-state index in [1.807, 2.05) is 6.07 Å². The zero-order chi connectivity index (χ0) is 79.6. The number of ether oxygens (including phenoxy) is 3. The predicted molar refractivity (Wildman–Crippen MR) is 383 cm³/mol. The van der Waals surface area contributed by atoms with Crippen LogP contribution in [0.15, 0.2) is 133 Å². The molecule has 9 rings (SSSR count). The van der Waals surface area contributed by atoms with Crippen LogP contribution in [-0.4, -0.2) is 219 Å². The number of alkyl carbamates (subject to hydrolysis) is 2. The van der Waals surface area contributed by atoms with Gasteiger partial charge in [0.1, 0.15) is 75.1 Å². The average Bonchev–Trinajstić information content (AvgIpc) is 1.68. The predicted octanol–water partition coefficient (Wildman–Crippen LogP) is 0.684. The topological polar surface area (TPSA) is 484 Å². The van der Waals surface area contributed by atoms with Crippen molar-refractivity contribution >= 4 is 148 Å². The Morgan fingerprint density at radius 1 is 0.468 bits per heavy atom. The van der Waals surface area contributed by atoms with Crippen LogP contribution in [0.25, 0.3) is 0 Å². The summed E-state index contributed by atoms with van der Waals surface area (Å²) in [5.74, 6) is -10.5. The van der Waals surface area contributed by atoms with Gasteiger partial charge in [-0.2, -0.15) is 0 Å². The van der Waals surface area contributed by atoms with Gasteiger partial charge in [0.25, 0.3) is 23.6 Å². The lowest BCUT2D eigenvalue weighted by Crippen LogP contribution is -2.55. The fourth-order valence-electron chi connectivity index (χ4n) is 11.5. The molecule has 36 heteroatoms. The van der Waals surface area contributed by atoms with Gasteiger partial charge in [0, 0.05) is 39.2 Å². The molecule has 1 saturated heterocycles. The Bertz CT molecular complexity index is 4290. The van der Waals surface area contributed by atoms with E-state index in [-0.39, 0.29) is 80.3 Å². The largest absolute Gasteiger partial charge is 0.481 e. The summed E-state index contributed by atoms with van der Waals surface area (Å²) in [6.07, 6.45) is -2.20. The molecule has 0 radical (unpaired) electrons. The highest BCUT2D eigenvalue weighted by Gasteiger charge is 2.42. The lowest BCUT2D eigenvalue weighted by molar-refractivity contribution is -0.139. The molecule has 109 heavy (non-hydrogen) atoms. The Balaban J connectivity index is 0.000000228. The summed E-state index contributed by atoms with van der Waals surface area (Å²) in [6.45, 7) is 3.33. The van der Waals surface area contributed by atoms with Gasteiger partial charge >= 0.3 is 24.1 Å². The van der Waals surface area contributed by atoms with Crippen molar-refractivity contribution in [3.05, 3.63) is 145 Å². The second-order valence-corrected chi connectivity index (χ2v) is 24.7. The Hall–Kier alpha value is -13.4. The summed E-state index contributed by atoms with van der Waals surface area (Å²) in [5.41, 5.74) is 2.50. The normalized spacial score (nSPS) is 17.1. The number of nitrogens with one attached hydrogen (secondary N) is 6. The number of carbonyl (C=O) groups excluding carboxylic acids is 17. The molecule has 4 aliphatic rings. The third-order valence-electron chi connectivity index (χ3n) is 16.6. The van der Waals surface area contributed by atoms with Crippen LogP contribution in [-0.2, 0) is 97.5 Å². The maximum Gasteiger partial charge on any atom is 0.408 e. The van der Waals surface area contributed by atoms with E-state index in [1.165, 1.54) is 72.7 Å². The van der Waals surface area contributed by atoms with E-state index < -0.39 is 164 Å². The van der Waals surface area contributed by atoms with Crippen LogP contribution in [0.4, 0.5) is 43.7 Å². The standard InChI is InChI=1S/C26H26N4O7.C25H26N4O8.C22H26N4O9/c1-16(32)12-19(15-31)27-23(34)14-30-22-11-7-6-10-21(22)29(17(2)33)13-20(26(30)37)28-25(36)24(35)18-8-4-3-5-9-18;1-16(31)28-12-19(27-25(36)37-15-17-7-3-2-4-8-17)24(35)29(21-10-6-5-9-20(21)28)13-22(32)26-18(14-30)11-23(33)34;1-13(28)25-9-16(24-22(33)35-15-6-7-34-12-15)21(32)26(18-5-3-2-4-17(18)25)10-19(29)23-14(11-27)8-20(30)31/h3-11,15,19-20H,12-14H2,1-2H3,(H,27,34)(H,28,36);2-10,14,18-19H,11-13,15H2,1H3,(H,26,32)(H,27,36)(H,33,34);2-5,11,14-16H,6-10,12H2,1H3,(H,23,29)(H,24,33)(H,30,31)/t19-,20-;18-,19-;14-,15-,16-/m000/s1. The fourth-order valence-corrected chi connectivity index (χ4v) is 11.5. The zero-order valence-corrected chi connectivity index (χ0v) is 59.2. The highest BCUT2D eigenvalue weighted by Crippen LogP contribution is 2.36. The number of ketones is 2. The molecule has 0 spiro atoms. The summed E-state index contributed by atoms with van der Waals surface area (Å²) in [6, 6.07) is 28.2. The third-order valence-corrected chi connectivity index (χ3v) is 16.6. The molecule has 0 bridgehead atoms. The quantitative estimate of drug-likeness (QED) is 0.0214. The van der Waals surface area contributed by atoms with Gasteiger partial charge < -0.3 is 85.4 Å². The third kappa shape index (κ3) is 23.5. The van der Waals surface area contributed by atoms with E-state index in [9.17, 15) is 91.1 Å². The highest BCUT2D eigenvalue weighted by atomic mass is 16.6. The van der Waals surface area contributed by atoms with Gasteiger partial charge in [-0.25, -0.2) is 9.59 Å². The van der Waals surface area contributed by atoms with Gasteiger partial charge in [-0.05, 0) is 48.9 Å². The molecule has 8 N–H and O–H groups in total. The van der Waals surface area contributed by atoms with Crippen molar-refractivity contribution < 1.29 is 116 Å². The number of anilines is 6. The van der Waals surface area contributed by atoms with Crippen LogP contribution in [0.3, 0.4) is 0 Å². The number of hydrogen-bond acceptors (Lipinski definition) is 22. The van der Waals surface area contributed by atoms with E-state index in [4.69, 9.17) is 24.4 Å². The number of carbonyl (C=O) groups is 19. The molecule has 0 unspecified atom stereocenters. The molecule has 36 nitrogen and oxygen atoms in total. The number of Topliss-reactive ketones (excluding diaryl/α,β-unsaturated/α-hetero) is 2. The first-order chi connectivity index (χ1) is 52.0. The number of amides is 12. The second-order valence-electron chi connectivity index (χ2n) is 24.7. The maximum atomic E-state index is 13.6. The first-order valence-corrected chi connectivity index (χ1v) is 33.7. The fraction of sp³-hybridized carbons (Fsp3) is 0.329. The van der Waals surface area contributed by atoms with Crippen molar-refractivity contribution in [2.24, 2.45) is 0 Å². The van der Waals surface area contributed by atoms with Crippen LogP contribution in [0, 0.1) is 0 Å². The molecule has 7 atom stereocenters. The number of benzene rings is 5. The van der Waals surface area contributed by atoms with Crippen LogP contribution < -0.4 is 61.3 Å². The molecular formula is C73H78N12O24. The van der Waals surface area contributed by atoms with E-state index in [0.717, 1.165) is 20.3 Å². The number of para-hydroxylation sites is 6. The molecule has 0 aromatic heterocycles. The minimum Gasteiger partial charge on any atom is -0.481 e. The number of aldehydes is 3. The molecule has 4 aliphatic heterocycles. The Morgan fingerprint density at radius 2 is 0.817 bits per heavy atom. The number of fused-ring (bicyclic) bond motifs is 3. The molecule has 0 saturated carbocycles. The van der Waals surface area contributed by atoms with Gasteiger partial charge in [-0.3, -0.25) is 81.8 Å². The van der Waals surface area contributed by atoms with Crippen molar-refractivity contribution in [2.45, 2.75) is 102 Å². The number of carboxylic acids is 2. The lowest BCUT2D eigenvalue weighted by Gasteiger charge is -2.25. The first-order valence-electron chi connectivity index (χ1n) is 33.7. The van der Waals surface area contributed by atoms with Crippen LogP contribution >= 0.6 is 0 Å². The van der Waals surface area contributed by atoms with Crippen molar-refractivity contribution in [2.75, 3.05) is 81.9 Å². The van der Waals surface area contributed by atoms with Crippen LogP contribution in [0.2, 0.25) is 0 Å². The smallest absolute Gasteiger partial charge is 0.408 e. The number of aliphatic carboxylic acids is 2. The molecule has 5 aromatic rings. The monoisotopic (exact) mass is 1510 g/mol. The summed E-state index contributed by atoms with van der Waals surface area (Å²) >= 11 is 0. The average molecular weight is 1510 g/mol. The van der Waals surface area contributed by atoms with Crippen LogP contribution in [0.1, 0.15) is 69.3 Å². The van der Waals surface area contributed by atoms with E-state index in [2.05, 4.69) is 31.9 Å². The number of hydrogen-bond donors (Lipinski definition) is 8. The van der Waals surface area contributed by atoms with Crippen molar-refractivity contribution in [1.82, 2.24) is 31.9 Å². The minimum atomic E-state index is -1.36. The SMILES string of the molecule is CC(=O)C[C@@H](C=O)NC(=O)CN1C(=O)[C@@H](NC(=O)C(=O)c2ccccc2)CN(C(C)=O)c2ccccc21.CC(=O)N1C[C@H](NC(=O)OCc2ccccc2)C(=O)N(CC(=O)N[C@H](C=O)CC(=O)O)c2ccccc21.CC(=O)N1C[C@H](NC(=O)O[C@H]2CCOC2)C(=O)N(CC(=O)N[C@H](C=O)CC(=O)O)c2ccccc21. The number of carboxylic acid groups (broad SMARTS) is 2. The van der Waals surface area contributed by atoms with E-state index in [0.29, 0.717) is 36.4 Å². The van der Waals surface area contributed by atoms with Gasteiger partial charge in [0.05, 0.1) is 97.9 Å². The van der Waals surface area contributed by atoms with Gasteiger partial charge in [0.2, 0.25) is 41.2 Å². The minimum absolute atomic E-state index is 0.0486. The highest BCUT2D eigenvalue weighted by molar-refractivity contribution is 6.43. The molecule has 5 aromatic carbocycles. The number of nitrogens with zero attached hydrogens (tertiary/aromatic N) is 6. The molecule has 0 aliphatic carbocycles. The van der Waals surface area contributed by atoms with Gasteiger partial charge in [-0.1, -0.05) is 97.1 Å². The Morgan fingerprint density at radius 3 is 1.17 bits per heavy atom. The summed E-state index contributed by atoms with van der Waals surface area (Å²) < 4.78 is 15.7. The molecule has 1 fully saturated rings. The van der Waals surface area contributed by atoms with Crippen molar-refractivity contribution in [1.29, 1.82) is 0 Å². The van der Waals surface area contributed by atoms with Crippen LogP contribution in [0.5, 0.6) is 0 Å². The second kappa shape index (κ2) is 39.6. The van der Waals surface area contributed by atoms with E-state index >= 15 is 0 Å². The van der Waals surface area contributed by atoms with Gasteiger partial charge in [0.15, 0.2) is 0 Å². The summed E-state index contributed by atoms with van der Waals surface area (Å²) in [4.78, 5) is 240. The number of rotatable bonds is 26. The van der Waals surface area contributed by atoms with Crippen molar-refractivity contribution in [3.63, 3.8) is 0 Å². The molecule has 12 amide bonds. The molecular weight excluding hydrogens is 1430 g/mol. The Kier molecular flexibility index (Phi) is 30.1. The van der Waals surface area contributed by atoms with E-state index in [1.54, 1.807) is 97.1 Å². The summed E-state index contributed by atoms with van der Waals surface area (Å²) in [7, 11) is 0. The first kappa shape index (κ1) is 82.9. The zero-order valence-electron chi connectivity index (χ0n) is 59.2. The maximum absolute atomic E-state index is 13.6. The molecule has 4 heterocycles. The Labute approximate surface area is 621 Å². The van der Waals surface area contributed by atoms with Gasteiger partial charge in [-0.15, -0.1) is 0 Å². The summed E-state index contributed by atoms with van der Waals surface area (Å²) in [5, 5.41) is 32.1. The molecule has 574 valence electrons.